The van der Waals surface area contributed by atoms with Crippen molar-refractivity contribution in [2.24, 2.45) is 7.05 Å². The second-order valence-corrected chi connectivity index (χ2v) is 4.88. The zero-order chi connectivity index (χ0) is 16.2. The van der Waals surface area contributed by atoms with Gasteiger partial charge < -0.3 is 9.88 Å². The van der Waals surface area contributed by atoms with Gasteiger partial charge in [-0.3, -0.25) is 14.6 Å². The highest BCUT2D eigenvalue weighted by Crippen LogP contribution is 2.04. The van der Waals surface area contributed by atoms with Gasteiger partial charge in [0.1, 0.15) is 11.3 Å². The third-order valence-corrected chi connectivity index (χ3v) is 3.27. The number of nitrogens with zero attached hydrogens (tertiary/aromatic N) is 5. The Kier molecular flexibility index (Phi) is 3.96. The monoisotopic (exact) mass is 310 g/mol. The van der Waals surface area contributed by atoms with Gasteiger partial charge >= 0.3 is 0 Å². The number of aromatic nitrogens is 5. The summed E-state index contributed by atoms with van der Waals surface area (Å²) >= 11 is 0. The van der Waals surface area contributed by atoms with Crippen LogP contribution in [-0.2, 0) is 13.6 Å². The summed E-state index contributed by atoms with van der Waals surface area (Å²) in [7, 11) is 1.60. The second kappa shape index (κ2) is 6.22. The van der Waals surface area contributed by atoms with Crippen LogP contribution in [0.15, 0.2) is 53.8 Å². The number of carbonyl (C=O) groups excluding carboxylic acids is 1. The molecule has 0 radical (unpaired) electrons. The van der Waals surface area contributed by atoms with Crippen LogP contribution in [0.4, 0.5) is 0 Å². The molecule has 0 spiro atoms. The molecular formula is C15H14N6O2. The minimum atomic E-state index is -0.440. The Morgan fingerprint density at radius 1 is 1.26 bits per heavy atom. The molecule has 0 bridgehead atoms. The van der Waals surface area contributed by atoms with Crippen LogP contribution in [-0.4, -0.2) is 30.5 Å². The largest absolute Gasteiger partial charge is 0.346 e. The molecule has 3 heterocycles. The third kappa shape index (κ3) is 3.15. The van der Waals surface area contributed by atoms with Crippen LogP contribution in [0.3, 0.4) is 0 Å². The summed E-state index contributed by atoms with van der Waals surface area (Å²) in [5.74, 6) is -0.440. The molecule has 8 heteroatoms. The summed E-state index contributed by atoms with van der Waals surface area (Å²) in [6.45, 7) is 0.183. The zero-order valence-corrected chi connectivity index (χ0v) is 12.4. The van der Waals surface area contributed by atoms with E-state index in [9.17, 15) is 9.59 Å². The molecule has 0 aliphatic rings. The molecule has 0 saturated carbocycles. The van der Waals surface area contributed by atoms with Crippen LogP contribution in [0.5, 0.6) is 0 Å². The molecule has 0 aromatic carbocycles. The summed E-state index contributed by atoms with van der Waals surface area (Å²) in [5, 5.41) is 10.7. The van der Waals surface area contributed by atoms with Crippen molar-refractivity contribution in [3.63, 3.8) is 0 Å². The first-order valence-electron chi connectivity index (χ1n) is 6.90. The van der Waals surface area contributed by atoms with Crippen LogP contribution in [0, 0.1) is 0 Å². The van der Waals surface area contributed by atoms with E-state index in [1.807, 2.05) is 0 Å². The Labute approximate surface area is 131 Å². The maximum absolute atomic E-state index is 12.1. The van der Waals surface area contributed by atoms with Crippen LogP contribution in [0.2, 0.25) is 0 Å². The van der Waals surface area contributed by atoms with Gasteiger partial charge in [0.05, 0.1) is 18.4 Å². The standard InChI is InChI=1S/C15H14N6O2/c1-20-8-2-3-13(15(20)23)14(22)17-9-11-10-21(19-18-11)12-4-6-16-7-5-12/h2-8,10H,9H2,1H3,(H,17,22). The molecule has 116 valence electrons. The van der Waals surface area contributed by atoms with Crippen molar-refractivity contribution in [2.75, 3.05) is 0 Å². The molecule has 0 fully saturated rings. The fraction of sp³-hybridized carbons (Fsp3) is 0.133. The molecule has 0 aliphatic carbocycles. The Hall–Kier alpha value is -3.29. The van der Waals surface area contributed by atoms with Gasteiger partial charge in [-0.05, 0) is 24.3 Å². The molecule has 1 amide bonds. The van der Waals surface area contributed by atoms with E-state index in [0.29, 0.717) is 5.69 Å². The fourth-order valence-electron chi connectivity index (χ4n) is 2.04. The van der Waals surface area contributed by atoms with Crippen molar-refractivity contribution in [1.82, 2.24) is 29.9 Å². The maximum atomic E-state index is 12.1. The highest BCUT2D eigenvalue weighted by atomic mass is 16.2. The predicted molar refractivity (Wildman–Crippen MR) is 82.0 cm³/mol. The minimum Gasteiger partial charge on any atom is -0.346 e. The zero-order valence-electron chi connectivity index (χ0n) is 12.4. The first kappa shape index (κ1) is 14.6. The third-order valence-electron chi connectivity index (χ3n) is 3.27. The fourth-order valence-corrected chi connectivity index (χ4v) is 2.04. The van der Waals surface area contributed by atoms with E-state index in [2.05, 4.69) is 20.6 Å². The lowest BCUT2D eigenvalue weighted by Crippen LogP contribution is -2.31. The maximum Gasteiger partial charge on any atom is 0.263 e. The SMILES string of the molecule is Cn1cccc(C(=O)NCc2cn(-c3ccncc3)nn2)c1=O. The molecule has 8 nitrogen and oxygen atoms in total. The topological polar surface area (TPSA) is 94.7 Å². The summed E-state index contributed by atoms with van der Waals surface area (Å²) in [6.07, 6.45) is 6.62. The van der Waals surface area contributed by atoms with Gasteiger partial charge in [-0.1, -0.05) is 5.21 Å². The van der Waals surface area contributed by atoms with Crippen LogP contribution < -0.4 is 10.9 Å². The number of nitrogens with one attached hydrogen (secondary N) is 1. The van der Waals surface area contributed by atoms with Crippen molar-refractivity contribution in [2.45, 2.75) is 6.54 Å². The summed E-state index contributed by atoms with van der Waals surface area (Å²) in [5.41, 5.74) is 1.16. The summed E-state index contributed by atoms with van der Waals surface area (Å²) < 4.78 is 2.94. The van der Waals surface area contributed by atoms with Gasteiger partial charge in [-0.2, -0.15) is 0 Å². The van der Waals surface area contributed by atoms with Gasteiger partial charge in [0, 0.05) is 25.6 Å². The van der Waals surface area contributed by atoms with E-state index in [-0.39, 0.29) is 17.7 Å². The highest BCUT2D eigenvalue weighted by molar-refractivity contribution is 5.93. The predicted octanol–water partition coefficient (Wildman–Crippen LogP) is 0.291. The molecule has 0 atom stereocenters. The Bertz CT molecular complexity index is 884. The van der Waals surface area contributed by atoms with Crippen molar-refractivity contribution in [3.05, 3.63) is 70.7 Å². The normalized spacial score (nSPS) is 10.5. The minimum absolute atomic E-state index is 0.0940. The van der Waals surface area contributed by atoms with E-state index in [0.717, 1.165) is 5.69 Å². The van der Waals surface area contributed by atoms with E-state index in [1.54, 1.807) is 54.7 Å². The van der Waals surface area contributed by atoms with Crippen molar-refractivity contribution < 1.29 is 4.79 Å². The molecule has 1 N–H and O–H groups in total. The van der Waals surface area contributed by atoms with Gasteiger partial charge in [0.2, 0.25) is 0 Å². The molecule has 3 rings (SSSR count). The number of hydrogen-bond donors (Lipinski definition) is 1. The van der Waals surface area contributed by atoms with Crippen LogP contribution >= 0.6 is 0 Å². The van der Waals surface area contributed by atoms with E-state index in [1.165, 1.54) is 10.6 Å². The average molecular weight is 310 g/mol. The summed E-state index contributed by atoms with van der Waals surface area (Å²) in [4.78, 5) is 27.9. The van der Waals surface area contributed by atoms with Crippen LogP contribution in [0.25, 0.3) is 5.69 Å². The molecule has 0 aliphatic heterocycles. The number of hydrogen-bond acceptors (Lipinski definition) is 5. The first-order chi connectivity index (χ1) is 11.1. The van der Waals surface area contributed by atoms with E-state index >= 15 is 0 Å². The lowest BCUT2D eigenvalue weighted by molar-refractivity contribution is 0.0948. The van der Waals surface area contributed by atoms with Crippen LogP contribution in [0.1, 0.15) is 16.1 Å². The number of aryl methyl sites for hydroxylation is 1. The number of pyridine rings is 2. The van der Waals surface area contributed by atoms with Crippen molar-refractivity contribution in [1.29, 1.82) is 0 Å². The average Bonchev–Trinajstić information content (AvgIpc) is 3.05. The lowest BCUT2D eigenvalue weighted by atomic mass is 10.2. The smallest absolute Gasteiger partial charge is 0.263 e. The van der Waals surface area contributed by atoms with Crippen molar-refractivity contribution >= 4 is 5.91 Å². The first-order valence-corrected chi connectivity index (χ1v) is 6.90. The Balaban J connectivity index is 1.69. The summed E-state index contributed by atoms with van der Waals surface area (Å²) in [6, 6.07) is 6.73. The molecule has 23 heavy (non-hydrogen) atoms. The molecule has 0 saturated heterocycles. The van der Waals surface area contributed by atoms with Gasteiger partial charge in [-0.25, -0.2) is 4.68 Å². The van der Waals surface area contributed by atoms with Gasteiger partial charge in [-0.15, -0.1) is 5.10 Å². The van der Waals surface area contributed by atoms with Gasteiger partial charge in [0.15, 0.2) is 0 Å². The van der Waals surface area contributed by atoms with E-state index in [4.69, 9.17) is 0 Å². The van der Waals surface area contributed by atoms with Gasteiger partial charge in [0.25, 0.3) is 11.5 Å². The molecule has 0 unspecified atom stereocenters. The quantitative estimate of drug-likeness (QED) is 0.747. The highest BCUT2D eigenvalue weighted by Gasteiger charge is 2.11. The van der Waals surface area contributed by atoms with Crippen molar-refractivity contribution in [3.8, 4) is 5.69 Å². The Morgan fingerprint density at radius 2 is 2.04 bits per heavy atom. The lowest BCUT2D eigenvalue weighted by Gasteiger charge is -2.04. The molecule has 3 aromatic rings. The molecular weight excluding hydrogens is 296 g/mol. The molecule has 3 aromatic heterocycles. The Morgan fingerprint density at radius 3 is 2.83 bits per heavy atom. The second-order valence-electron chi connectivity index (χ2n) is 4.88. The number of rotatable bonds is 4. The number of amides is 1. The van der Waals surface area contributed by atoms with E-state index < -0.39 is 5.91 Å². The number of carbonyl (C=O) groups is 1.